The van der Waals surface area contributed by atoms with Gasteiger partial charge >= 0.3 is 18.1 Å². The zero-order chi connectivity index (χ0) is 16.5. The number of hydroxylamine groups is 2. The minimum Gasteiger partial charge on any atom is -0.337 e. The predicted octanol–water partition coefficient (Wildman–Crippen LogP) is 1.68. The summed E-state index contributed by atoms with van der Waals surface area (Å²) >= 11 is 0. The van der Waals surface area contributed by atoms with Crippen LogP contribution in [0.1, 0.15) is 10.4 Å². The van der Waals surface area contributed by atoms with Crippen LogP contribution in [-0.4, -0.2) is 42.2 Å². The molecule has 0 saturated carbocycles. The average molecular weight is 314 g/mol. The number of hydrogen-bond acceptors (Lipinski definition) is 5. The van der Waals surface area contributed by atoms with Crippen LogP contribution in [0.25, 0.3) is 0 Å². The third-order valence-electron chi connectivity index (χ3n) is 2.82. The van der Waals surface area contributed by atoms with Crippen molar-refractivity contribution in [2.24, 2.45) is 10.9 Å². The van der Waals surface area contributed by atoms with Crippen molar-refractivity contribution in [1.82, 2.24) is 5.06 Å². The maximum Gasteiger partial charge on any atom is 0.474 e. The molecular formula is C13H9F3N2O4. The molecule has 0 aliphatic carbocycles. The molecule has 0 radical (unpaired) electrons. The van der Waals surface area contributed by atoms with E-state index < -0.39 is 29.8 Å². The molecule has 0 N–H and O–H groups in total. The van der Waals surface area contributed by atoms with Gasteiger partial charge < -0.3 is 4.84 Å². The quantitative estimate of drug-likeness (QED) is 0.584. The number of carbonyl (C=O) groups is 3. The Morgan fingerprint density at radius 3 is 2.55 bits per heavy atom. The second-order valence-corrected chi connectivity index (χ2v) is 4.35. The Labute approximate surface area is 122 Å². The van der Waals surface area contributed by atoms with Crippen molar-refractivity contribution < 1.29 is 32.4 Å². The third kappa shape index (κ3) is 2.97. The van der Waals surface area contributed by atoms with Crippen LogP contribution < -0.4 is 0 Å². The highest BCUT2D eigenvalue weighted by atomic mass is 19.4. The Balaban J connectivity index is 2.12. The van der Waals surface area contributed by atoms with Crippen molar-refractivity contribution in [3.8, 4) is 0 Å². The van der Waals surface area contributed by atoms with Gasteiger partial charge in [0.15, 0.2) is 11.7 Å². The van der Waals surface area contributed by atoms with Crippen molar-refractivity contribution in [3.63, 3.8) is 0 Å². The largest absolute Gasteiger partial charge is 0.474 e. The van der Waals surface area contributed by atoms with Gasteiger partial charge in [-0.2, -0.15) is 18.2 Å². The molecule has 1 unspecified atom stereocenters. The summed E-state index contributed by atoms with van der Waals surface area (Å²) in [5.41, 5.74) is 0.494. The first-order valence-corrected chi connectivity index (χ1v) is 5.96. The first-order valence-electron chi connectivity index (χ1n) is 5.96. The number of para-hydroxylation sites is 1. The van der Waals surface area contributed by atoms with Crippen molar-refractivity contribution in [2.75, 3.05) is 7.05 Å². The van der Waals surface area contributed by atoms with E-state index in [0.29, 0.717) is 12.7 Å². The van der Waals surface area contributed by atoms with Gasteiger partial charge in [-0.15, -0.1) is 0 Å². The highest BCUT2D eigenvalue weighted by Crippen LogP contribution is 2.26. The van der Waals surface area contributed by atoms with Crippen LogP contribution in [0.3, 0.4) is 0 Å². The summed E-state index contributed by atoms with van der Waals surface area (Å²) in [5.74, 6) is -5.84. The van der Waals surface area contributed by atoms with Crippen LogP contribution in [0, 0.1) is 5.92 Å². The number of fused-ring (bicyclic) bond motifs is 1. The Hall–Kier alpha value is -2.71. The number of carbonyl (C=O) groups excluding carboxylic acids is 3. The predicted molar refractivity (Wildman–Crippen MR) is 67.3 cm³/mol. The molecule has 1 aliphatic heterocycles. The number of ketones is 1. The number of nitrogens with zero attached hydrogens (tertiary/aromatic N) is 2. The van der Waals surface area contributed by atoms with Crippen LogP contribution in [-0.2, 0) is 14.4 Å². The smallest absolute Gasteiger partial charge is 0.337 e. The van der Waals surface area contributed by atoms with Crippen LogP contribution in [0.4, 0.5) is 18.9 Å². The molecule has 0 bridgehead atoms. The van der Waals surface area contributed by atoms with E-state index in [-0.39, 0.29) is 10.6 Å². The molecule has 0 fully saturated rings. The molecule has 2 rings (SSSR count). The lowest BCUT2D eigenvalue weighted by Gasteiger charge is -2.21. The lowest BCUT2D eigenvalue weighted by Crippen LogP contribution is -2.42. The molecule has 6 nitrogen and oxygen atoms in total. The normalized spacial score (nSPS) is 16.9. The first-order chi connectivity index (χ1) is 10.2. The molecule has 0 saturated heterocycles. The number of aliphatic imine (C=N–C) groups is 1. The van der Waals surface area contributed by atoms with Gasteiger partial charge in [0.1, 0.15) is 0 Å². The zero-order valence-corrected chi connectivity index (χ0v) is 11.1. The zero-order valence-electron chi connectivity index (χ0n) is 11.1. The fraction of sp³-hybridized carbons (Fsp3) is 0.231. The van der Waals surface area contributed by atoms with Crippen LogP contribution in [0.15, 0.2) is 29.3 Å². The van der Waals surface area contributed by atoms with Crippen LogP contribution >= 0.6 is 0 Å². The minimum atomic E-state index is -5.19. The van der Waals surface area contributed by atoms with E-state index in [1.807, 2.05) is 0 Å². The molecule has 22 heavy (non-hydrogen) atoms. The van der Waals surface area contributed by atoms with Gasteiger partial charge in [-0.3, -0.25) is 14.6 Å². The Morgan fingerprint density at radius 2 is 1.91 bits per heavy atom. The van der Waals surface area contributed by atoms with E-state index in [2.05, 4.69) is 9.83 Å². The Morgan fingerprint density at radius 1 is 1.27 bits per heavy atom. The third-order valence-corrected chi connectivity index (χ3v) is 2.82. The van der Waals surface area contributed by atoms with Gasteiger partial charge in [-0.1, -0.05) is 12.1 Å². The van der Waals surface area contributed by atoms with Crippen molar-refractivity contribution >= 4 is 29.6 Å². The van der Waals surface area contributed by atoms with E-state index >= 15 is 0 Å². The summed E-state index contributed by atoms with van der Waals surface area (Å²) in [6.45, 7) is 0. The summed E-state index contributed by atoms with van der Waals surface area (Å²) in [5, 5.41) is -0.260. The molecule has 1 aromatic carbocycles. The summed E-state index contributed by atoms with van der Waals surface area (Å²) in [6, 6.07) is 6.17. The van der Waals surface area contributed by atoms with Crippen LogP contribution in [0.2, 0.25) is 0 Å². The number of alkyl halides is 3. The maximum absolute atomic E-state index is 12.2. The highest BCUT2D eigenvalue weighted by Gasteiger charge is 2.44. The molecule has 1 heterocycles. The highest BCUT2D eigenvalue weighted by molar-refractivity contribution is 6.22. The van der Waals surface area contributed by atoms with Crippen molar-refractivity contribution in [2.45, 2.75) is 6.18 Å². The summed E-state index contributed by atoms with van der Waals surface area (Å²) in [7, 11) is 0.631. The summed E-state index contributed by atoms with van der Waals surface area (Å²) < 4.78 is 36.6. The Bertz CT molecular complexity index is 669. The standard InChI is InChI=1S/C13H9F3N2O4/c1-18(12(21)13(14,15)16)22-11(20)8-6-17-9-5-3-2-4-7(9)10(8)19/h2-6,8H,1H3. The molecule has 116 valence electrons. The fourth-order valence-electron chi connectivity index (χ4n) is 1.76. The van der Waals surface area contributed by atoms with Crippen molar-refractivity contribution in [3.05, 3.63) is 29.8 Å². The van der Waals surface area contributed by atoms with Gasteiger partial charge in [0.2, 0.25) is 0 Å². The lowest BCUT2D eigenvalue weighted by molar-refractivity contribution is -0.224. The van der Waals surface area contributed by atoms with Gasteiger partial charge in [-0.25, -0.2) is 4.79 Å². The van der Waals surface area contributed by atoms with E-state index in [9.17, 15) is 27.6 Å². The second kappa shape index (κ2) is 5.58. The molecule has 1 aliphatic rings. The monoisotopic (exact) mass is 314 g/mol. The van der Waals surface area contributed by atoms with Gasteiger partial charge in [0, 0.05) is 18.8 Å². The number of hydrogen-bond donors (Lipinski definition) is 0. The summed E-state index contributed by atoms with van der Waals surface area (Å²) in [6.07, 6.45) is -4.22. The minimum absolute atomic E-state index is 0.150. The lowest BCUT2D eigenvalue weighted by atomic mass is 9.95. The number of rotatable bonds is 1. The number of benzene rings is 1. The molecule has 0 spiro atoms. The topological polar surface area (TPSA) is 76.0 Å². The SMILES string of the molecule is CN(OC(=O)C1C=Nc2ccccc2C1=O)C(=O)C(F)(F)F. The molecule has 9 heteroatoms. The number of Topliss-reactive ketones (excluding diaryl/α,β-unsaturated/α-hetero) is 1. The molecule has 1 atom stereocenters. The van der Waals surface area contributed by atoms with E-state index in [4.69, 9.17) is 0 Å². The fourth-order valence-corrected chi connectivity index (χ4v) is 1.76. The van der Waals surface area contributed by atoms with Gasteiger partial charge in [-0.05, 0) is 12.1 Å². The van der Waals surface area contributed by atoms with Crippen LogP contribution in [0.5, 0.6) is 0 Å². The summed E-state index contributed by atoms with van der Waals surface area (Å²) in [4.78, 5) is 42.9. The first kappa shape index (κ1) is 15.7. The molecular weight excluding hydrogens is 305 g/mol. The van der Waals surface area contributed by atoms with E-state index in [0.717, 1.165) is 6.21 Å². The molecule has 0 aromatic heterocycles. The average Bonchev–Trinajstić information content (AvgIpc) is 2.45. The Kier molecular flexibility index (Phi) is 3.98. The number of amides is 1. The van der Waals surface area contributed by atoms with Crippen molar-refractivity contribution in [1.29, 1.82) is 0 Å². The molecule has 1 amide bonds. The number of halogens is 3. The second-order valence-electron chi connectivity index (χ2n) is 4.35. The maximum atomic E-state index is 12.2. The van der Waals surface area contributed by atoms with Gasteiger partial charge in [0.25, 0.3) is 0 Å². The van der Waals surface area contributed by atoms with Gasteiger partial charge in [0.05, 0.1) is 5.69 Å². The van der Waals surface area contributed by atoms with E-state index in [1.165, 1.54) is 6.07 Å². The molecule has 1 aromatic rings. The van der Waals surface area contributed by atoms with E-state index in [1.54, 1.807) is 18.2 Å².